The van der Waals surface area contributed by atoms with Crippen molar-refractivity contribution >= 4 is 5.69 Å². The molecular formula is C16H26N2O. The highest BCUT2D eigenvalue weighted by atomic mass is 16.5. The maximum atomic E-state index is 5.94. The summed E-state index contributed by atoms with van der Waals surface area (Å²) in [5.74, 6) is 0.779. The Labute approximate surface area is 116 Å². The van der Waals surface area contributed by atoms with Crippen molar-refractivity contribution in [2.75, 3.05) is 18.5 Å². The van der Waals surface area contributed by atoms with Gasteiger partial charge < -0.3 is 10.1 Å². The normalized spacial score (nSPS) is 17.6. The van der Waals surface area contributed by atoms with E-state index in [0.717, 1.165) is 36.9 Å². The van der Waals surface area contributed by atoms with Crippen molar-refractivity contribution < 1.29 is 4.74 Å². The average Bonchev–Trinajstić information content (AvgIpc) is 2.91. The Bertz CT molecular complexity index is 375. The molecule has 1 aliphatic carbocycles. The predicted molar refractivity (Wildman–Crippen MR) is 79.5 cm³/mol. The quantitative estimate of drug-likeness (QED) is 0.812. The summed E-state index contributed by atoms with van der Waals surface area (Å²) in [6.07, 6.45) is 8.84. The van der Waals surface area contributed by atoms with Crippen molar-refractivity contribution in [3.63, 3.8) is 0 Å². The van der Waals surface area contributed by atoms with E-state index in [2.05, 4.69) is 23.3 Å². The molecule has 1 atom stereocenters. The van der Waals surface area contributed by atoms with Gasteiger partial charge in [-0.2, -0.15) is 0 Å². The maximum Gasteiger partial charge on any atom is 0.0619 e. The fraction of sp³-hybridized carbons (Fsp3) is 0.688. The molecule has 1 N–H and O–H groups in total. The molecule has 1 unspecified atom stereocenters. The van der Waals surface area contributed by atoms with E-state index >= 15 is 0 Å². The minimum Gasteiger partial charge on any atom is -0.385 e. The number of aryl methyl sites for hydroxylation is 1. The third-order valence-corrected chi connectivity index (χ3v) is 3.96. The van der Waals surface area contributed by atoms with Crippen molar-refractivity contribution in [2.45, 2.75) is 52.1 Å². The van der Waals surface area contributed by atoms with E-state index in [1.807, 2.05) is 19.2 Å². The van der Waals surface area contributed by atoms with Crippen LogP contribution in [0.25, 0.3) is 0 Å². The van der Waals surface area contributed by atoms with Crippen molar-refractivity contribution in [1.29, 1.82) is 0 Å². The lowest BCUT2D eigenvalue weighted by Gasteiger charge is -2.23. The van der Waals surface area contributed by atoms with Crippen molar-refractivity contribution in [3.05, 3.63) is 24.0 Å². The number of hydrogen-bond donors (Lipinski definition) is 1. The van der Waals surface area contributed by atoms with E-state index in [1.165, 1.54) is 25.7 Å². The first-order valence-corrected chi connectivity index (χ1v) is 7.57. The van der Waals surface area contributed by atoms with Gasteiger partial charge in [-0.05, 0) is 51.2 Å². The van der Waals surface area contributed by atoms with E-state index < -0.39 is 0 Å². The topological polar surface area (TPSA) is 34.1 Å². The van der Waals surface area contributed by atoms with E-state index in [0.29, 0.717) is 6.10 Å². The Morgan fingerprint density at radius 3 is 2.89 bits per heavy atom. The molecule has 106 valence electrons. The second-order valence-electron chi connectivity index (χ2n) is 5.44. The van der Waals surface area contributed by atoms with Crippen LogP contribution >= 0.6 is 0 Å². The van der Waals surface area contributed by atoms with E-state index in [1.54, 1.807) is 0 Å². The predicted octanol–water partition coefficient (Wildman–Crippen LogP) is 3.79. The van der Waals surface area contributed by atoms with Gasteiger partial charge in [-0.25, -0.2) is 0 Å². The van der Waals surface area contributed by atoms with Gasteiger partial charge in [-0.3, -0.25) is 4.98 Å². The van der Waals surface area contributed by atoms with Crippen molar-refractivity contribution in [1.82, 2.24) is 4.98 Å². The average molecular weight is 262 g/mol. The summed E-state index contributed by atoms with van der Waals surface area (Å²) in [5, 5.41) is 3.48. The number of pyridine rings is 1. The molecule has 1 heterocycles. The highest BCUT2D eigenvalue weighted by Gasteiger charge is 2.24. The smallest absolute Gasteiger partial charge is 0.0619 e. The van der Waals surface area contributed by atoms with E-state index in [4.69, 9.17) is 4.74 Å². The van der Waals surface area contributed by atoms with Gasteiger partial charge >= 0.3 is 0 Å². The molecule has 3 heteroatoms. The summed E-state index contributed by atoms with van der Waals surface area (Å²) in [5.41, 5.74) is 2.22. The van der Waals surface area contributed by atoms with Gasteiger partial charge in [0.1, 0.15) is 0 Å². The highest BCUT2D eigenvalue weighted by Crippen LogP contribution is 2.30. The van der Waals surface area contributed by atoms with E-state index in [9.17, 15) is 0 Å². The second-order valence-corrected chi connectivity index (χ2v) is 5.44. The summed E-state index contributed by atoms with van der Waals surface area (Å²) >= 11 is 0. The monoisotopic (exact) mass is 262 g/mol. The molecule has 1 fully saturated rings. The molecule has 1 aliphatic rings. The summed E-state index contributed by atoms with van der Waals surface area (Å²) in [6, 6.07) is 4.11. The molecule has 19 heavy (non-hydrogen) atoms. The van der Waals surface area contributed by atoms with Crippen LogP contribution in [0.4, 0.5) is 5.69 Å². The van der Waals surface area contributed by atoms with Crippen molar-refractivity contribution in [3.8, 4) is 0 Å². The van der Waals surface area contributed by atoms with Gasteiger partial charge in [-0.1, -0.05) is 12.8 Å². The Kier molecular flexibility index (Phi) is 5.64. The lowest BCUT2D eigenvalue weighted by atomic mass is 9.98. The van der Waals surface area contributed by atoms with Gasteiger partial charge in [0.15, 0.2) is 0 Å². The summed E-state index contributed by atoms with van der Waals surface area (Å²) in [4.78, 5) is 4.21. The van der Waals surface area contributed by atoms with Gasteiger partial charge in [0.05, 0.1) is 6.10 Å². The third-order valence-electron chi connectivity index (χ3n) is 3.96. The Hall–Kier alpha value is -1.09. The van der Waals surface area contributed by atoms with Crippen LogP contribution in [0.5, 0.6) is 0 Å². The number of hydrogen-bond acceptors (Lipinski definition) is 3. The van der Waals surface area contributed by atoms with Gasteiger partial charge in [0.2, 0.25) is 0 Å². The Balaban J connectivity index is 1.78. The molecule has 2 rings (SSSR count). The van der Waals surface area contributed by atoms with Crippen LogP contribution in [0.1, 0.15) is 44.7 Å². The first kappa shape index (κ1) is 14.3. The van der Waals surface area contributed by atoms with Crippen molar-refractivity contribution in [2.24, 2.45) is 5.92 Å². The lowest BCUT2D eigenvalue weighted by molar-refractivity contribution is 0.0183. The number of nitrogens with zero attached hydrogens (tertiary/aromatic N) is 1. The molecular weight excluding hydrogens is 236 g/mol. The molecule has 0 aromatic carbocycles. The fourth-order valence-electron chi connectivity index (χ4n) is 3.01. The summed E-state index contributed by atoms with van der Waals surface area (Å²) in [7, 11) is 0. The van der Waals surface area contributed by atoms with Crippen LogP contribution in [0.2, 0.25) is 0 Å². The molecule has 0 saturated heterocycles. The van der Waals surface area contributed by atoms with Crippen LogP contribution in [0.3, 0.4) is 0 Å². The molecule has 0 radical (unpaired) electrons. The van der Waals surface area contributed by atoms with E-state index in [-0.39, 0.29) is 0 Å². The number of anilines is 1. The zero-order valence-electron chi connectivity index (χ0n) is 12.2. The van der Waals surface area contributed by atoms with Crippen LogP contribution < -0.4 is 5.32 Å². The summed E-state index contributed by atoms with van der Waals surface area (Å²) < 4.78 is 5.94. The first-order chi connectivity index (χ1) is 9.29. The Morgan fingerprint density at radius 2 is 2.21 bits per heavy atom. The molecule has 3 nitrogen and oxygen atoms in total. The van der Waals surface area contributed by atoms with Crippen LogP contribution in [0.15, 0.2) is 18.3 Å². The Morgan fingerprint density at radius 1 is 1.42 bits per heavy atom. The lowest BCUT2D eigenvalue weighted by Crippen LogP contribution is -2.25. The second kappa shape index (κ2) is 7.49. The van der Waals surface area contributed by atoms with Gasteiger partial charge in [0, 0.05) is 30.7 Å². The fourth-order valence-corrected chi connectivity index (χ4v) is 3.01. The molecule has 1 aromatic heterocycles. The minimum absolute atomic E-state index is 0.433. The van der Waals surface area contributed by atoms with Gasteiger partial charge in [0.25, 0.3) is 0 Å². The van der Waals surface area contributed by atoms with Crippen LogP contribution in [-0.2, 0) is 4.74 Å². The van der Waals surface area contributed by atoms with Gasteiger partial charge in [-0.15, -0.1) is 0 Å². The zero-order chi connectivity index (χ0) is 13.5. The molecule has 0 spiro atoms. The van der Waals surface area contributed by atoms with Crippen LogP contribution in [0, 0.1) is 12.8 Å². The number of ether oxygens (including phenoxy) is 1. The third kappa shape index (κ3) is 4.50. The first-order valence-electron chi connectivity index (χ1n) is 7.57. The maximum absolute atomic E-state index is 5.94. The molecule has 0 aliphatic heterocycles. The largest absolute Gasteiger partial charge is 0.385 e. The number of rotatable bonds is 7. The SMILES string of the molecule is CCOC(CCNc1ccnc(C)c1)C1CCCC1. The van der Waals surface area contributed by atoms with Crippen LogP contribution in [-0.4, -0.2) is 24.2 Å². The highest BCUT2D eigenvalue weighted by molar-refractivity contribution is 5.42. The molecule has 1 aromatic rings. The molecule has 0 bridgehead atoms. The summed E-state index contributed by atoms with van der Waals surface area (Å²) in [6.45, 7) is 5.93. The minimum atomic E-state index is 0.433. The molecule has 0 amide bonds. The molecule has 1 saturated carbocycles. The standard InChI is InChI=1S/C16H26N2O/c1-3-19-16(14-6-4-5-7-14)9-11-18-15-8-10-17-13(2)12-15/h8,10,12,14,16H,3-7,9,11H2,1-2H3,(H,17,18). The zero-order valence-corrected chi connectivity index (χ0v) is 12.2. The number of nitrogens with one attached hydrogen (secondary N) is 1. The number of aromatic nitrogens is 1.